The zero-order valence-electron chi connectivity index (χ0n) is 9.76. The molecule has 0 aliphatic heterocycles. The van der Waals surface area contributed by atoms with Crippen molar-refractivity contribution in [2.75, 3.05) is 0 Å². The second-order valence-electron chi connectivity index (χ2n) is 3.75. The first-order chi connectivity index (χ1) is 7.27. The van der Waals surface area contributed by atoms with Crippen molar-refractivity contribution in [3.05, 3.63) is 0 Å². The van der Waals surface area contributed by atoms with Gasteiger partial charge >= 0.3 is 0 Å². The molecule has 0 unspecified atom stereocenters. The molecule has 0 radical (unpaired) electrons. The molecule has 0 heterocycles. The standard InChI is InChI=1S/C11H24N4/c1-2-3-4-5-6-7-8-9-10-14-15-11(12)13/h10H,2-9H2,1H3,(H4,12,13,15)/b14-10+. The third-order valence-corrected chi connectivity index (χ3v) is 2.21. The van der Waals surface area contributed by atoms with Gasteiger partial charge in [-0.15, -0.1) is 0 Å². The molecule has 0 atom stereocenters. The lowest BCUT2D eigenvalue weighted by Crippen LogP contribution is -2.25. The summed E-state index contributed by atoms with van der Waals surface area (Å²) in [5.74, 6) is -0.106. The predicted molar refractivity (Wildman–Crippen MR) is 66.2 cm³/mol. The van der Waals surface area contributed by atoms with Crippen molar-refractivity contribution < 1.29 is 0 Å². The van der Waals surface area contributed by atoms with Gasteiger partial charge in [-0.3, -0.25) is 5.41 Å². The lowest BCUT2D eigenvalue weighted by atomic mass is 10.1. The number of guanidine groups is 1. The molecule has 0 aromatic carbocycles. The summed E-state index contributed by atoms with van der Waals surface area (Å²) in [6.07, 6.45) is 11.9. The normalized spacial score (nSPS) is 10.7. The van der Waals surface area contributed by atoms with Gasteiger partial charge in [0, 0.05) is 6.21 Å². The first kappa shape index (κ1) is 13.9. The van der Waals surface area contributed by atoms with E-state index in [1.165, 1.54) is 44.9 Å². The van der Waals surface area contributed by atoms with Crippen LogP contribution in [0, 0.1) is 5.41 Å². The number of nitrogens with two attached hydrogens (primary N) is 1. The van der Waals surface area contributed by atoms with Crippen LogP contribution in [0.5, 0.6) is 0 Å². The van der Waals surface area contributed by atoms with Crippen molar-refractivity contribution in [3.63, 3.8) is 0 Å². The first-order valence-electron chi connectivity index (χ1n) is 5.89. The highest BCUT2D eigenvalue weighted by Crippen LogP contribution is 2.07. The van der Waals surface area contributed by atoms with Crippen LogP contribution in [0.25, 0.3) is 0 Å². The van der Waals surface area contributed by atoms with Crippen LogP contribution in [0.1, 0.15) is 58.3 Å². The fourth-order valence-corrected chi connectivity index (χ4v) is 1.37. The van der Waals surface area contributed by atoms with Crippen molar-refractivity contribution in [2.24, 2.45) is 10.8 Å². The number of hydrogen-bond donors (Lipinski definition) is 3. The van der Waals surface area contributed by atoms with Gasteiger partial charge in [0.25, 0.3) is 0 Å². The second kappa shape index (κ2) is 11.0. The van der Waals surface area contributed by atoms with Crippen LogP contribution in [0.2, 0.25) is 0 Å². The average Bonchev–Trinajstić information content (AvgIpc) is 2.20. The minimum absolute atomic E-state index is 0.106. The lowest BCUT2D eigenvalue weighted by molar-refractivity contribution is 0.596. The molecule has 4 N–H and O–H groups in total. The Balaban J connectivity index is 3.04. The van der Waals surface area contributed by atoms with Gasteiger partial charge in [0.15, 0.2) is 0 Å². The molecule has 88 valence electrons. The van der Waals surface area contributed by atoms with Crippen molar-refractivity contribution >= 4 is 12.2 Å². The highest BCUT2D eigenvalue weighted by atomic mass is 15.3. The van der Waals surface area contributed by atoms with E-state index in [1.807, 2.05) is 0 Å². The molecule has 0 aromatic heterocycles. The van der Waals surface area contributed by atoms with E-state index in [0.29, 0.717) is 0 Å². The Labute approximate surface area is 92.8 Å². The summed E-state index contributed by atoms with van der Waals surface area (Å²) in [5.41, 5.74) is 7.45. The van der Waals surface area contributed by atoms with Crippen LogP contribution in [0.3, 0.4) is 0 Å². The molecule has 4 nitrogen and oxygen atoms in total. The highest BCUT2D eigenvalue weighted by molar-refractivity contribution is 5.75. The zero-order valence-corrected chi connectivity index (χ0v) is 9.76. The van der Waals surface area contributed by atoms with E-state index >= 15 is 0 Å². The van der Waals surface area contributed by atoms with Crippen LogP contribution in [0.4, 0.5) is 0 Å². The third-order valence-electron chi connectivity index (χ3n) is 2.21. The van der Waals surface area contributed by atoms with Gasteiger partial charge in [0.05, 0.1) is 0 Å². The van der Waals surface area contributed by atoms with Gasteiger partial charge in [0.1, 0.15) is 0 Å². The molecular formula is C11H24N4. The van der Waals surface area contributed by atoms with Crippen LogP contribution < -0.4 is 11.2 Å². The maximum absolute atomic E-state index is 6.86. The summed E-state index contributed by atoms with van der Waals surface area (Å²) in [6, 6.07) is 0. The first-order valence-corrected chi connectivity index (χ1v) is 5.89. The predicted octanol–water partition coefficient (Wildman–Crippen LogP) is 2.60. The average molecular weight is 212 g/mol. The Morgan fingerprint density at radius 2 is 1.80 bits per heavy atom. The van der Waals surface area contributed by atoms with E-state index in [4.69, 9.17) is 11.1 Å². The highest BCUT2D eigenvalue weighted by Gasteiger charge is 1.89. The third kappa shape index (κ3) is 12.9. The number of unbranched alkanes of at least 4 members (excludes halogenated alkanes) is 7. The van der Waals surface area contributed by atoms with Crippen LogP contribution in [0.15, 0.2) is 5.10 Å². The molecule has 0 rings (SSSR count). The quantitative estimate of drug-likeness (QED) is 0.238. The molecule has 0 bridgehead atoms. The molecule has 0 spiro atoms. The Morgan fingerprint density at radius 3 is 2.40 bits per heavy atom. The van der Waals surface area contributed by atoms with Gasteiger partial charge in [-0.05, 0) is 12.8 Å². The Morgan fingerprint density at radius 1 is 1.20 bits per heavy atom. The van der Waals surface area contributed by atoms with E-state index in [9.17, 15) is 0 Å². The summed E-state index contributed by atoms with van der Waals surface area (Å²) in [5, 5.41) is 10.7. The molecule has 0 saturated heterocycles. The summed E-state index contributed by atoms with van der Waals surface area (Å²) < 4.78 is 0. The van der Waals surface area contributed by atoms with Crippen molar-refractivity contribution in [2.45, 2.75) is 58.3 Å². The molecule has 0 fully saturated rings. The van der Waals surface area contributed by atoms with E-state index < -0.39 is 0 Å². The van der Waals surface area contributed by atoms with E-state index in [1.54, 1.807) is 6.21 Å². The van der Waals surface area contributed by atoms with E-state index in [0.717, 1.165) is 6.42 Å². The summed E-state index contributed by atoms with van der Waals surface area (Å²) in [7, 11) is 0. The Bertz CT molecular complexity index is 177. The van der Waals surface area contributed by atoms with Gasteiger partial charge in [-0.2, -0.15) is 5.10 Å². The molecule has 15 heavy (non-hydrogen) atoms. The van der Waals surface area contributed by atoms with Gasteiger partial charge in [-0.1, -0.05) is 45.4 Å². The summed E-state index contributed by atoms with van der Waals surface area (Å²) in [6.45, 7) is 2.23. The zero-order chi connectivity index (χ0) is 11.4. The van der Waals surface area contributed by atoms with Gasteiger partial charge < -0.3 is 5.73 Å². The molecule has 0 saturated carbocycles. The van der Waals surface area contributed by atoms with Crippen LogP contribution >= 0.6 is 0 Å². The Kier molecular flexibility index (Phi) is 10.2. The number of nitrogens with one attached hydrogen (secondary N) is 2. The lowest BCUT2D eigenvalue weighted by Gasteiger charge is -1.98. The molecule has 0 aliphatic carbocycles. The molecule has 0 amide bonds. The number of nitrogens with zero attached hydrogens (tertiary/aromatic N) is 1. The van der Waals surface area contributed by atoms with E-state index in [2.05, 4.69) is 17.5 Å². The molecule has 4 heteroatoms. The minimum atomic E-state index is -0.106. The fourth-order valence-electron chi connectivity index (χ4n) is 1.37. The number of hydrogen-bond acceptors (Lipinski definition) is 2. The SMILES string of the molecule is CCCCCCCCC/C=N/NC(=N)N. The van der Waals surface area contributed by atoms with Crippen LogP contribution in [-0.2, 0) is 0 Å². The molecule has 0 aliphatic rings. The fraction of sp³-hybridized carbons (Fsp3) is 0.818. The van der Waals surface area contributed by atoms with E-state index in [-0.39, 0.29) is 5.96 Å². The topological polar surface area (TPSA) is 74.3 Å². The maximum Gasteiger partial charge on any atom is 0.206 e. The van der Waals surface area contributed by atoms with Crippen molar-refractivity contribution in [1.29, 1.82) is 5.41 Å². The summed E-state index contributed by atoms with van der Waals surface area (Å²) in [4.78, 5) is 0. The smallest absolute Gasteiger partial charge is 0.206 e. The Hall–Kier alpha value is -1.06. The van der Waals surface area contributed by atoms with Crippen molar-refractivity contribution in [3.8, 4) is 0 Å². The second-order valence-corrected chi connectivity index (χ2v) is 3.75. The van der Waals surface area contributed by atoms with Gasteiger partial charge in [-0.25, -0.2) is 5.43 Å². The largest absolute Gasteiger partial charge is 0.369 e. The van der Waals surface area contributed by atoms with Crippen molar-refractivity contribution in [1.82, 2.24) is 5.43 Å². The minimum Gasteiger partial charge on any atom is -0.369 e. The number of hydrazone groups is 1. The molecule has 0 aromatic rings. The number of rotatable bonds is 9. The van der Waals surface area contributed by atoms with Crippen LogP contribution in [-0.4, -0.2) is 12.2 Å². The maximum atomic E-state index is 6.86. The van der Waals surface area contributed by atoms with Gasteiger partial charge in [0.2, 0.25) is 5.96 Å². The monoisotopic (exact) mass is 212 g/mol. The molecular weight excluding hydrogens is 188 g/mol. The summed E-state index contributed by atoms with van der Waals surface area (Å²) >= 11 is 0.